The summed E-state index contributed by atoms with van der Waals surface area (Å²) in [6, 6.07) is 5.98. The monoisotopic (exact) mass is 333 g/mol. The molecule has 0 aliphatic carbocycles. The van der Waals surface area contributed by atoms with Crippen molar-refractivity contribution in [2.75, 3.05) is 13.2 Å². The van der Waals surface area contributed by atoms with E-state index in [1.54, 1.807) is 0 Å². The zero-order valence-electron chi connectivity index (χ0n) is 15.0. The number of nitrogens with zero attached hydrogens (tertiary/aromatic N) is 1. The van der Waals surface area contributed by atoms with Crippen LogP contribution in [0.2, 0.25) is 0 Å². The third-order valence-corrected chi connectivity index (χ3v) is 4.33. The van der Waals surface area contributed by atoms with Gasteiger partial charge in [0.1, 0.15) is 12.4 Å². The molecule has 0 unspecified atom stereocenters. The van der Waals surface area contributed by atoms with Crippen molar-refractivity contribution in [2.45, 2.75) is 53.0 Å². The molecule has 0 radical (unpaired) electrons. The lowest BCUT2D eigenvalue weighted by atomic mass is 10.0. The number of carbonyl (C=O) groups is 2. The molecular formula is C19H27NO4. The first-order valence-electron chi connectivity index (χ1n) is 8.59. The van der Waals surface area contributed by atoms with Gasteiger partial charge in [0.2, 0.25) is 5.91 Å². The van der Waals surface area contributed by atoms with Gasteiger partial charge in [-0.15, -0.1) is 0 Å². The van der Waals surface area contributed by atoms with Crippen molar-refractivity contribution in [2.24, 2.45) is 5.92 Å². The first-order chi connectivity index (χ1) is 11.4. The summed E-state index contributed by atoms with van der Waals surface area (Å²) < 4.78 is 10.8. The predicted octanol–water partition coefficient (Wildman–Crippen LogP) is 3.86. The zero-order valence-corrected chi connectivity index (χ0v) is 15.0. The number of hydrogen-bond acceptors (Lipinski definition) is 4. The molecule has 1 aliphatic rings. The van der Waals surface area contributed by atoms with E-state index in [0.29, 0.717) is 26.1 Å². The van der Waals surface area contributed by atoms with E-state index in [4.69, 9.17) is 9.47 Å². The standard InChI is InChI=1S/C19H27NO4/c1-13(2)16-12-24-19(22)20(16)18(21)7-5-6-10-23-17-11-14(3)8-9-15(17)4/h8-9,11,13,16H,5-7,10,12H2,1-4H3/t16-/m1/s1. The lowest BCUT2D eigenvalue weighted by molar-refractivity contribution is -0.129. The van der Waals surface area contributed by atoms with Gasteiger partial charge in [0.15, 0.2) is 0 Å². The van der Waals surface area contributed by atoms with Gasteiger partial charge in [-0.1, -0.05) is 26.0 Å². The van der Waals surface area contributed by atoms with Gasteiger partial charge >= 0.3 is 6.09 Å². The maximum atomic E-state index is 12.3. The third kappa shape index (κ3) is 4.49. The van der Waals surface area contributed by atoms with Crippen molar-refractivity contribution in [3.63, 3.8) is 0 Å². The van der Waals surface area contributed by atoms with Crippen LogP contribution in [-0.4, -0.2) is 36.2 Å². The maximum absolute atomic E-state index is 12.3. The largest absolute Gasteiger partial charge is 0.493 e. The summed E-state index contributed by atoms with van der Waals surface area (Å²) in [6.45, 7) is 8.90. The summed E-state index contributed by atoms with van der Waals surface area (Å²) in [6.07, 6.45) is 1.30. The van der Waals surface area contributed by atoms with Crippen LogP contribution in [0.25, 0.3) is 0 Å². The molecule has 1 aliphatic heterocycles. The van der Waals surface area contributed by atoms with E-state index < -0.39 is 6.09 Å². The van der Waals surface area contributed by atoms with E-state index in [9.17, 15) is 9.59 Å². The average molecular weight is 333 g/mol. The van der Waals surface area contributed by atoms with Crippen molar-refractivity contribution in [1.82, 2.24) is 4.90 Å². The minimum atomic E-state index is -0.509. The lowest BCUT2D eigenvalue weighted by Crippen LogP contribution is -2.41. The Morgan fingerprint density at radius 1 is 1.33 bits per heavy atom. The second-order valence-electron chi connectivity index (χ2n) is 6.73. The molecule has 2 amide bonds. The molecule has 0 N–H and O–H groups in total. The molecule has 0 aromatic heterocycles. The molecule has 24 heavy (non-hydrogen) atoms. The number of ether oxygens (including phenoxy) is 2. The SMILES string of the molecule is Cc1ccc(C)c(OCCCCC(=O)N2C(=O)OC[C@@H]2C(C)C)c1. The quantitative estimate of drug-likeness (QED) is 0.711. The third-order valence-electron chi connectivity index (χ3n) is 4.33. The van der Waals surface area contributed by atoms with Gasteiger partial charge in [-0.25, -0.2) is 9.69 Å². The number of aryl methyl sites for hydroxylation is 2. The Bertz CT molecular complexity index is 597. The lowest BCUT2D eigenvalue weighted by Gasteiger charge is -2.22. The number of imide groups is 1. The molecule has 1 fully saturated rings. The van der Waals surface area contributed by atoms with Crippen LogP contribution in [0.4, 0.5) is 4.79 Å². The van der Waals surface area contributed by atoms with Gasteiger partial charge in [0.05, 0.1) is 12.6 Å². The second-order valence-corrected chi connectivity index (χ2v) is 6.73. The van der Waals surface area contributed by atoms with Crippen LogP contribution >= 0.6 is 0 Å². The summed E-state index contributed by atoms with van der Waals surface area (Å²) in [5, 5.41) is 0. The minimum Gasteiger partial charge on any atom is -0.493 e. The van der Waals surface area contributed by atoms with Crippen LogP contribution in [0.15, 0.2) is 18.2 Å². The number of benzene rings is 1. The number of hydrogen-bond donors (Lipinski definition) is 0. The summed E-state index contributed by atoms with van der Waals surface area (Å²) in [7, 11) is 0. The number of unbranched alkanes of at least 4 members (excludes halogenated alkanes) is 1. The Morgan fingerprint density at radius 3 is 2.79 bits per heavy atom. The first kappa shape index (κ1) is 18.3. The molecule has 1 heterocycles. The normalized spacial score (nSPS) is 17.3. The van der Waals surface area contributed by atoms with Crippen LogP contribution in [0.5, 0.6) is 5.75 Å². The summed E-state index contributed by atoms with van der Waals surface area (Å²) >= 11 is 0. The summed E-state index contributed by atoms with van der Waals surface area (Å²) in [4.78, 5) is 25.3. The zero-order chi connectivity index (χ0) is 17.7. The van der Waals surface area contributed by atoms with Crippen LogP contribution in [0.3, 0.4) is 0 Å². The van der Waals surface area contributed by atoms with Crippen LogP contribution in [0.1, 0.15) is 44.2 Å². The first-order valence-corrected chi connectivity index (χ1v) is 8.59. The molecule has 5 heteroatoms. The fourth-order valence-electron chi connectivity index (χ4n) is 2.76. The Labute approximate surface area is 143 Å². The van der Waals surface area contributed by atoms with Crippen molar-refractivity contribution in [1.29, 1.82) is 0 Å². The molecule has 2 rings (SSSR count). The number of cyclic esters (lactones) is 1. The Morgan fingerprint density at radius 2 is 2.08 bits per heavy atom. The van der Waals surface area contributed by atoms with E-state index in [2.05, 4.69) is 6.07 Å². The summed E-state index contributed by atoms with van der Waals surface area (Å²) in [5.74, 6) is 0.945. The van der Waals surface area contributed by atoms with Crippen LogP contribution in [0, 0.1) is 19.8 Å². The molecule has 132 valence electrons. The molecule has 1 aromatic rings. The topological polar surface area (TPSA) is 55.8 Å². The fourth-order valence-corrected chi connectivity index (χ4v) is 2.76. The van der Waals surface area contributed by atoms with Gasteiger partial charge in [-0.2, -0.15) is 0 Å². The van der Waals surface area contributed by atoms with Crippen molar-refractivity contribution >= 4 is 12.0 Å². The van der Waals surface area contributed by atoms with Crippen LogP contribution < -0.4 is 4.74 Å². The molecule has 1 saturated heterocycles. The molecule has 0 bridgehead atoms. The Balaban J connectivity index is 1.75. The van der Waals surface area contributed by atoms with Gasteiger partial charge in [0, 0.05) is 6.42 Å². The number of amides is 2. The Hall–Kier alpha value is -2.04. The highest BCUT2D eigenvalue weighted by atomic mass is 16.6. The Kier molecular flexibility index (Phi) is 6.23. The van der Waals surface area contributed by atoms with Crippen molar-refractivity contribution in [3.05, 3.63) is 29.3 Å². The molecule has 0 spiro atoms. The van der Waals surface area contributed by atoms with Crippen molar-refractivity contribution < 1.29 is 19.1 Å². The van der Waals surface area contributed by atoms with E-state index in [0.717, 1.165) is 23.3 Å². The van der Waals surface area contributed by atoms with Crippen molar-refractivity contribution in [3.8, 4) is 5.75 Å². The number of rotatable bonds is 7. The van der Waals surface area contributed by atoms with Crippen LogP contribution in [-0.2, 0) is 9.53 Å². The highest BCUT2D eigenvalue weighted by Crippen LogP contribution is 2.22. The van der Waals surface area contributed by atoms with Gasteiger partial charge < -0.3 is 9.47 Å². The predicted molar refractivity (Wildman–Crippen MR) is 92.1 cm³/mol. The maximum Gasteiger partial charge on any atom is 0.416 e. The molecule has 5 nitrogen and oxygen atoms in total. The molecular weight excluding hydrogens is 306 g/mol. The van der Waals surface area contributed by atoms with E-state index in [1.165, 1.54) is 4.90 Å². The smallest absolute Gasteiger partial charge is 0.416 e. The van der Waals surface area contributed by atoms with Gasteiger partial charge in [-0.3, -0.25) is 4.79 Å². The fraction of sp³-hybridized carbons (Fsp3) is 0.579. The van der Waals surface area contributed by atoms with Gasteiger partial charge in [0.25, 0.3) is 0 Å². The highest BCUT2D eigenvalue weighted by molar-refractivity contribution is 5.93. The van der Waals surface area contributed by atoms with E-state index in [1.807, 2.05) is 39.8 Å². The van der Waals surface area contributed by atoms with E-state index in [-0.39, 0.29) is 17.9 Å². The number of carbonyl (C=O) groups excluding carboxylic acids is 2. The minimum absolute atomic E-state index is 0.142. The second kappa shape index (κ2) is 8.18. The average Bonchev–Trinajstić information content (AvgIpc) is 2.92. The molecule has 0 saturated carbocycles. The molecule has 1 aromatic carbocycles. The summed E-state index contributed by atoms with van der Waals surface area (Å²) in [5.41, 5.74) is 2.27. The highest BCUT2D eigenvalue weighted by Gasteiger charge is 2.38. The molecule has 1 atom stereocenters. The van der Waals surface area contributed by atoms with Gasteiger partial charge in [-0.05, 0) is 49.8 Å². The van der Waals surface area contributed by atoms with E-state index >= 15 is 0 Å².